The van der Waals surface area contributed by atoms with Crippen LogP contribution in [0.1, 0.15) is 35.1 Å². The molecule has 7 nitrogen and oxygen atoms in total. The van der Waals surface area contributed by atoms with Crippen LogP contribution in [-0.4, -0.2) is 32.3 Å². The van der Waals surface area contributed by atoms with Crippen LogP contribution in [0.25, 0.3) is 22.2 Å². The predicted molar refractivity (Wildman–Crippen MR) is 114 cm³/mol. The topological polar surface area (TPSA) is 95.6 Å². The van der Waals surface area contributed by atoms with Gasteiger partial charge >= 0.3 is 0 Å². The van der Waals surface area contributed by atoms with Crippen LogP contribution < -0.4 is 10.9 Å². The van der Waals surface area contributed by atoms with Gasteiger partial charge in [-0.3, -0.25) is 4.79 Å². The number of H-pyrrole nitrogens is 1. The highest BCUT2D eigenvalue weighted by molar-refractivity contribution is 6.16. The number of hydrogen-bond donors (Lipinski definition) is 3. The molecule has 0 fully saturated rings. The number of aromatic nitrogens is 4. The molecule has 3 heterocycles. The Kier molecular flexibility index (Phi) is 5.68. The van der Waals surface area contributed by atoms with Gasteiger partial charge in [0.05, 0.1) is 11.3 Å². The third-order valence-electron chi connectivity index (χ3n) is 4.81. The molecule has 9 heteroatoms. The van der Waals surface area contributed by atoms with Crippen LogP contribution >= 0.6 is 0 Å². The number of fused-ring (bicyclic) bond motifs is 1. The Morgan fingerprint density at radius 3 is 2.58 bits per heavy atom. The Morgan fingerprint density at radius 2 is 1.84 bits per heavy atom. The lowest BCUT2D eigenvalue weighted by molar-refractivity contribution is 0.103. The van der Waals surface area contributed by atoms with Gasteiger partial charge in [0.1, 0.15) is 17.3 Å². The lowest BCUT2D eigenvalue weighted by atomic mass is 10.0. The van der Waals surface area contributed by atoms with E-state index in [-0.39, 0.29) is 11.3 Å². The maximum Gasteiger partial charge on any atom is 0.201 e. The van der Waals surface area contributed by atoms with Crippen molar-refractivity contribution in [2.24, 2.45) is 0 Å². The summed E-state index contributed by atoms with van der Waals surface area (Å²) in [6.07, 6.45) is 7.14. The second-order valence-corrected chi connectivity index (χ2v) is 7.01. The average molecular weight is 422 g/mol. The van der Waals surface area contributed by atoms with E-state index < -0.39 is 23.0 Å². The number of aryl methyl sites for hydroxylation is 1. The van der Waals surface area contributed by atoms with Gasteiger partial charge in [-0.15, -0.1) is 0 Å². The normalized spacial score (nSPS) is 11.1. The molecular weight excluding hydrogens is 402 g/mol. The van der Waals surface area contributed by atoms with Crippen molar-refractivity contribution < 1.29 is 13.6 Å². The number of aromatic amines is 1. The molecule has 158 valence electrons. The van der Waals surface area contributed by atoms with Crippen molar-refractivity contribution in [1.29, 1.82) is 0 Å². The van der Waals surface area contributed by atoms with Gasteiger partial charge in [-0.05, 0) is 31.5 Å². The van der Waals surface area contributed by atoms with Crippen molar-refractivity contribution in [2.45, 2.75) is 20.3 Å². The molecule has 3 N–H and O–H groups in total. The first-order valence-corrected chi connectivity index (χ1v) is 9.77. The number of carbonyl (C=O) groups is 1. The molecule has 0 amide bonds. The molecule has 0 aliphatic rings. The lowest BCUT2D eigenvalue weighted by Gasteiger charge is -2.11. The van der Waals surface area contributed by atoms with Crippen LogP contribution in [0.2, 0.25) is 0 Å². The number of carbonyl (C=O) groups excluding carboxylic acids is 1. The first kappa shape index (κ1) is 20.5. The van der Waals surface area contributed by atoms with Gasteiger partial charge in [-0.1, -0.05) is 6.92 Å². The number of hydrazine groups is 1. The van der Waals surface area contributed by atoms with Crippen LogP contribution in [0.5, 0.6) is 0 Å². The first-order valence-electron chi connectivity index (χ1n) is 9.77. The second-order valence-electron chi connectivity index (χ2n) is 7.01. The van der Waals surface area contributed by atoms with Crippen LogP contribution in [0, 0.1) is 18.6 Å². The van der Waals surface area contributed by atoms with Crippen molar-refractivity contribution >= 4 is 22.5 Å². The zero-order valence-electron chi connectivity index (χ0n) is 17.0. The van der Waals surface area contributed by atoms with Crippen LogP contribution in [0.3, 0.4) is 0 Å². The van der Waals surface area contributed by atoms with E-state index in [0.29, 0.717) is 34.5 Å². The van der Waals surface area contributed by atoms with E-state index in [1.54, 1.807) is 31.6 Å². The first-order chi connectivity index (χ1) is 15.0. The third-order valence-corrected chi connectivity index (χ3v) is 4.81. The van der Waals surface area contributed by atoms with E-state index in [1.165, 1.54) is 12.3 Å². The SMILES string of the molecule is CCCNNc1ccc(F)c(C(=O)c2c[nH]c3ncc(-c4cnc(C)nc4)cc23)c1F. The Labute approximate surface area is 176 Å². The fourth-order valence-corrected chi connectivity index (χ4v) is 3.17. The van der Waals surface area contributed by atoms with Crippen molar-refractivity contribution in [2.75, 3.05) is 12.0 Å². The molecule has 0 saturated carbocycles. The van der Waals surface area contributed by atoms with E-state index in [1.807, 2.05) is 6.92 Å². The molecule has 4 aromatic rings. The van der Waals surface area contributed by atoms with Gasteiger partial charge < -0.3 is 10.4 Å². The molecular formula is C22H20F2N6O. The Bertz CT molecular complexity index is 1250. The smallest absolute Gasteiger partial charge is 0.201 e. The minimum Gasteiger partial charge on any atom is -0.345 e. The summed E-state index contributed by atoms with van der Waals surface area (Å²) in [5, 5.41) is 0.448. The summed E-state index contributed by atoms with van der Waals surface area (Å²) in [4.78, 5) is 28.7. The third kappa shape index (κ3) is 3.99. The molecule has 0 saturated heterocycles. The molecule has 0 unspecified atom stereocenters. The Hall–Kier alpha value is -3.72. The van der Waals surface area contributed by atoms with Crippen LogP contribution in [-0.2, 0) is 0 Å². The molecule has 0 spiro atoms. The zero-order valence-corrected chi connectivity index (χ0v) is 17.0. The van der Waals surface area contributed by atoms with Gasteiger partial charge in [0.2, 0.25) is 5.78 Å². The molecule has 31 heavy (non-hydrogen) atoms. The molecule has 0 atom stereocenters. The molecule has 4 rings (SSSR count). The van der Waals surface area contributed by atoms with E-state index in [9.17, 15) is 13.6 Å². The largest absolute Gasteiger partial charge is 0.345 e. The van der Waals surface area contributed by atoms with Crippen LogP contribution in [0.15, 0.2) is 43.0 Å². The minimum absolute atomic E-state index is 0.00587. The highest BCUT2D eigenvalue weighted by Crippen LogP contribution is 2.28. The van der Waals surface area contributed by atoms with Gasteiger partial charge in [0.25, 0.3) is 0 Å². The van der Waals surface area contributed by atoms with Crippen LogP contribution in [0.4, 0.5) is 14.5 Å². The number of anilines is 1. The van der Waals surface area contributed by atoms with Gasteiger partial charge in [-0.2, -0.15) is 0 Å². The van der Waals surface area contributed by atoms with Crippen molar-refractivity contribution in [3.63, 3.8) is 0 Å². The molecule has 0 bridgehead atoms. The predicted octanol–water partition coefficient (Wildman–Crippen LogP) is 4.16. The minimum atomic E-state index is -0.959. The maximum absolute atomic E-state index is 15.0. The maximum atomic E-state index is 15.0. The highest BCUT2D eigenvalue weighted by atomic mass is 19.1. The number of benzene rings is 1. The Balaban J connectivity index is 1.75. The molecule has 1 aromatic carbocycles. The average Bonchev–Trinajstić information content (AvgIpc) is 3.19. The number of halogens is 2. The molecule has 3 aromatic heterocycles. The fourth-order valence-electron chi connectivity index (χ4n) is 3.17. The van der Waals surface area contributed by atoms with Crippen molar-refractivity contribution in [3.05, 3.63) is 71.6 Å². The summed E-state index contributed by atoms with van der Waals surface area (Å²) in [5.41, 5.74) is 6.80. The lowest BCUT2D eigenvalue weighted by Crippen LogP contribution is -2.23. The molecule has 0 radical (unpaired) electrons. The zero-order chi connectivity index (χ0) is 22.0. The van der Waals surface area contributed by atoms with Gasteiger partial charge in [0.15, 0.2) is 5.82 Å². The summed E-state index contributed by atoms with van der Waals surface area (Å²) in [6, 6.07) is 4.03. The summed E-state index contributed by atoms with van der Waals surface area (Å²) in [7, 11) is 0. The van der Waals surface area contributed by atoms with Gasteiger partial charge in [-0.25, -0.2) is 29.2 Å². The number of rotatable bonds is 7. The summed E-state index contributed by atoms with van der Waals surface area (Å²) in [6.45, 7) is 4.31. The number of nitrogens with zero attached hydrogens (tertiary/aromatic N) is 3. The number of nitrogens with one attached hydrogen (secondary N) is 3. The van der Waals surface area contributed by atoms with Crippen molar-refractivity contribution in [1.82, 2.24) is 25.4 Å². The second kappa shape index (κ2) is 8.57. The van der Waals surface area contributed by atoms with E-state index in [4.69, 9.17) is 0 Å². The summed E-state index contributed by atoms with van der Waals surface area (Å²) < 4.78 is 29.5. The highest BCUT2D eigenvalue weighted by Gasteiger charge is 2.24. The van der Waals surface area contributed by atoms with E-state index in [0.717, 1.165) is 12.5 Å². The fraction of sp³-hybridized carbons (Fsp3) is 0.182. The summed E-state index contributed by atoms with van der Waals surface area (Å²) in [5.74, 6) is -2.05. The summed E-state index contributed by atoms with van der Waals surface area (Å²) >= 11 is 0. The van der Waals surface area contributed by atoms with E-state index in [2.05, 4.69) is 30.8 Å². The molecule has 0 aliphatic heterocycles. The number of hydrogen-bond acceptors (Lipinski definition) is 6. The number of ketones is 1. The van der Waals surface area contributed by atoms with Gasteiger partial charge in [0, 0.05) is 53.4 Å². The molecule has 0 aliphatic carbocycles. The van der Waals surface area contributed by atoms with Crippen molar-refractivity contribution in [3.8, 4) is 11.1 Å². The quantitative estimate of drug-likeness (QED) is 0.235. The number of pyridine rings is 1. The monoisotopic (exact) mass is 422 g/mol. The van der Waals surface area contributed by atoms with E-state index >= 15 is 0 Å². The standard InChI is InChI=1S/C22H20F2N6O/c1-3-6-29-30-18-5-4-17(23)19(20(18)24)21(31)16-11-28-22-15(16)7-13(8-27-22)14-9-25-12(2)26-10-14/h4-5,7-11,29-30H,3,6H2,1-2H3,(H,27,28). The Morgan fingerprint density at radius 1 is 1.10 bits per heavy atom.